The second kappa shape index (κ2) is 33.9. The molecule has 5 heterocycles. The lowest BCUT2D eigenvalue weighted by Gasteiger charge is -2.31. The van der Waals surface area contributed by atoms with Gasteiger partial charge < -0.3 is 88.7 Å². The molecule has 0 radical (unpaired) electrons. The molecule has 1 fully saturated rings. The number of aliphatic hydroxyl groups excluding tert-OH is 1. The predicted octanol–water partition coefficient (Wildman–Crippen LogP) is -0.876. The highest BCUT2D eigenvalue weighted by atomic mass is 19.1. The van der Waals surface area contributed by atoms with Gasteiger partial charge in [-0.15, -0.1) is 0 Å². The zero-order chi connectivity index (χ0) is 65.1. The van der Waals surface area contributed by atoms with Gasteiger partial charge in [0.05, 0.1) is 141 Å². The number of carbonyl (C=O) groups is 8. The molecule has 0 saturated carbocycles. The van der Waals surface area contributed by atoms with Crippen LogP contribution in [0.15, 0.2) is 16.9 Å². The first-order valence-corrected chi connectivity index (χ1v) is 30.1. The fourth-order valence-electron chi connectivity index (χ4n) is 10.7. The number of ether oxygens (including phenoxy) is 10. The maximum atomic E-state index is 15.4. The molecule has 7 N–H and O–H groups in total. The molecule has 7 atom stereocenters. The van der Waals surface area contributed by atoms with E-state index in [0.717, 1.165) is 4.90 Å². The highest BCUT2D eigenvalue weighted by Crippen LogP contribution is 2.46. The van der Waals surface area contributed by atoms with Gasteiger partial charge in [-0.05, 0) is 62.8 Å². The highest BCUT2D eigenvalue weighted by Gasteiger charge is 2.47. The second-order valence-corrected chi connectivity index (χ2v) is 22.0. The number of fused-ring (bicyclic) bond motifs is 5. The Balaban J connectivity index is 0.794. The average Bonchev–Trinajstić information content (AvgIpc) is 1.45. The standard InChI is InChI=1S/C60H83FN8O21/c1-7-60(80)41-27-45-52-39(30-68(45)58(78)40(41)31-90-59(60)79)51-43(9-8-38-35(3)42(61)28-44(66-52)50(38)51)67-56(76)47(70)32-89-33-63-53(73)36(4)64-54(74)37(5)65-55(75)46(69-49(72)26-34(2)57(69)77)29-62-48(71)10-11-82-14-15-84-18-19-86-22-23-88-25-24-87-21-20-85-17-16-83-13-12-81-6/h27-28,34,36-37,43,46-47,70,80H,7-26,29-33H2,1-6H3,(H,62,71)(H,63,73)(H,64,74)(H,65,75)(H,67,76)/t34?,36-,37-,43-,46-,47+,60-/m0/s1. The third kappa shape index (κ3) is 17.7. The zero-order valence-electron chi connectivity index (χ0n) is 51.7. The molecule has 3 aromatic rings. The first kappa shape index (κ1) is 70.5. The van der Waals surface area contributed by atoms with Gasteiger partial charge in [-0.3, -0.25) is 43.3 Å². The number of pyridine rings is 2. The van der Waals surface area contributed by atoms with Crippen molar-refractivity contribution < 1.29 is 100 Å². The average molecular weight is 1270 g/mol. The third-order valence-corrected chi connectivity index (χ3v) is 15.8. The van der Waals surface area contributed by atoms with Crippen molar-refractivity contribution in [2.24, 2.45) is 5.92 Å². The molecule has 29 nitrogen and oxygen atoms in total. The molecule has 496 valence electrons. The summed E-state index contributed by atoms with van der Waals surface area (Å²) in [6, 6.07) is -2.00. The molecule has 2 aromatic heterocycles. The Morgan fingerprint density at radius 2 is 1.34 bits per heavy atom. The molecular weight excluding hydrogens is 1190 g/mol. The number of amides is 7. The van der Waals surface area contributed by atoms with Crippen LogP contribution in [0.2, 0.25) is 0 Å². The number of benzene rings is 1. The van der Waals surface area contributed by atoms with Crippen molar-refractivity contribution in [2.75, 3.05) is 126 Å². The van der Waals surface area contributed by atoms with Crippen LogP contribution in [0.25, 0.3) is 22.3 Å². The van der Waals surface area contributed by atoms with Crippen molar-refractivity contribution >= 4 is 58.2 Å². The molecule has 4 aliphatic rings. The van der Waals surface area contributed by atoms with Crippen LogP contribution in [-0.4, -0.2) is 222 Å². The van der Waals surface area contributed by atoms with Crippen molar-refractivity contribution in [3.8, 4) is 11.4 Å². The molecule has 1 unspecified atom stereocenters. The fourth-order valence-corrected chi connectivity index (χ4v) is 10.7. The molecule has 1 saturated heterocycles. The number of aliphatic hydroxyl groups is 2. The van der Waals surface area contributed by atoms with E-state index in [2.05, 4.69) is 26.6 Å². The summed E-state index contributed by atoms with van der Waals surface area (Å²) >= 11 is 0. The summed E-state index contributed by atoms with van der Waals surface area (Å²) in [5.74, 6) is -7.29. The number of hydrogen-bond donors (Lipinski definition) is 7. The van der Waals surface area contributed by atoms with E-state index in [1.807, 2.05) is 0 Å². The van der Waals surface area contributed by atoms with Gasteiger partial charge in [0.25, 0.3) is 11.5 Å². The van der Waals surface area contributed by atoms with Crippen molar-refractivity contribution in [3.63, 3.8) is 0 Å². The number of hydrogen-bond acceptors (Lipinski definition) is 22. The monoisotopic (exact) mass is 1270 g/mol. The second-order valence-electron chi connectivity index (χ2n) is 22.0. The van der Waals surface area contributed by atoms with E-state index in [9.17, 15) is 53.4 Å². The Morgan fingerprint density at radius 1 is 0.767 bits per heavy atom. The van der Waals surface area contributed by atoms with Crippen LogP contribution >= 0.6 is 0 Å². The van der Waals surface area contributed by atoms with E-state index in [4.69, 9.17) is 52.4 Å². The van der Waals surface area contributed by atoms with Crippen LogP contribution in [0.3, 0.4) is 0 Å². The normalized spacial score (nSPS) is 18.7. The number of nitrogens with one attached hydrogen (secondary N) is 5. The number of rotatable bonds is 39. The Bertz CT molecular complexity index is 3130. The summed E-state index contributed by atoms with van der Waals surface area (Å²) in [7, 11) is 1.61. The van der Waals surface area contributed by atoms with E-state index in [1.165, 1.54) is 37.5 Å². The molecule has 1 aromatic carbocycles. The number of carbonyl (C=O) groups excluding carboxylic acids is 8. The Hall–Kier alpha value is -6.97. The zero-order valence-corrected chi connectivity index (χ0v) is 51.7. The van der Waals surface area contributed by atoms with Gasteiger partial charge in [0.2, 0.25) is 35.4 Å². The number of halogens is 1. The predicted molar refractivity (Wildman–Crippen MR) is 313 cm³/mol. The summed E-state index contributed by atoms with van der Waals surface area (Å²) < 4.78 is 70.5. The molecule has 0 bridgehead atoms. The number of aromatic nitrogens is 2. The van der Waals surface area contributed by atoms with Crippen LogP contribution in [0, 0.1) is 18.7 Å². The van der Waals surface area contributed by atoms with Crippen LogP contribution in [0.1, 0.15) is 92.8 Å². The summed E-state index contributed by atoms with van der Waals surface area (Å²) in [5, 5.41) is 35.7. The van der Waals surface area contributed by atoms with Crippen molar-refractivity contribution in [2.45, 2.75) is 116 Å². The molecule has 90 heavy (non-hydrogen) atoms. The molecule has 0 spiro atoms. The minimum atomic E-state index is -2.08. The van der Waals surface area contributed by atoms with Gasteiger partial charge in [0, 0.05) is 55.0 Å². The quantitative estimate of drug-likeness (QED) is 0.0123. The molecule has 7 amide bonds. The van der Waals surface area contributed by atoms with Crippen LogP contribution in [0.4, 0.5) is 4.39 Å². The largest absolute Gasteiger partial charge is 0.458 e. The van der Waals surface area contributed by atoms with Gasteiger partial charge >= 0.3 is 5.97 Å². The van der Waals surface area contributed by atoms with E-state index in [1.54, 1.807) is 21.0 Å². The molecule has 7 rings (SSSR count). The highest BCUT2D eigenvalue weighted by molar-refractivity contribution is 6.07. The maximum absolute atomic E-state index is 15.4. The van der Waals surface area contributed by atoms with Crippen molar-refractivity contribution in [1.82, 2.24) is 41.0 Å². The van der Waals surface area contributed by atoms with Crippen LogP contribution in [0.5, 0.6) is 0 Å². The molecule has 30 heteroatoms. The number of likely N-dealkylation sites (tertiary alicyclic amines) is 1. The number of nitrogens with zero attached hydrogens (tertiary/aromatic N) is 3. The number of aryl methyl sites for hydroxylation is 1. The SMILES string of the molecule is CC[C@@]1(O)C(=O)OCc2c1cc1n(c2=O)Cc2c-1nc1cc(F)c(C)c3c1c2[C@@H](NC(=O)[C@H](O)COCNC(=O)[C@H](C)NC(=O)[C@H](C)NC(=O)[C@H](CNC(=O)CCOCCOCCOCCOCCOCCOCCOCCOC)N1C(=O)CC(C)C1=O)CC3. The number of methoxy groups -OCH3 is 1. The van der Waals surface area contributed by atoms with Gasteiger partial charge in [0.15, 0.2) is 11.7 Å². The van der Waals surface area contributed by atoms with Crippen molar-refractivity contribution in [3.05, 3.63) is 61.7 Å². The molecular formula is C60H83FN8O21. The molecule has 3 aliphatic heterocycles. The maximum Gasteiger partial charge on any atom is 0.343 e. The van der Waals surface area contributed by atoms with E-state index in [-0.39, 0.29) is 81.0 Å². The smallest absolute Gasteiger partial charge is 0.343 e. The Kier molecular flexibility index (Phi) is 26.6. The summed E-state index contributed by atoms with van der Waals surface area (Å²) in [6.07, 6.45) is -1.51. The van der Waals surface area contributed by atoms with Crippen molar-refractivity contribution in [1.29, 1.82) is 0 Å². The summed E-state index contributed by atoms with van der Waals surface area (Å²) in [5.41, 5.74) is 0.648. The third-order valence-electron chi connectivity index (χ3n) is 15.8. The van der Waals surface area contributed by atoms with Crippen LogP contribution in [-0.2, 0) is 111 Å². The van der Waals surface area contributed by atoms with E-state index in [0.29, 0.717) is 119 Å². The van der Waals surface area contributed by atoms with E-state index < -0.39 is 120 Å². The van der Waals surface area contributed by atoms with Gasteiger partial charge in [0.1, 0.15) is 37.3 Å². The number of esters is 1. The molecule has 1 aliphatic carbocycles. The summed E-state index contributed by atoms with van der Waals surface area (Å²) in [6.45, 7) is 11.1. The fraction of sp³-hybridized carbons (Fsp3) is 0.633. The Morgan fingerprint density at radius 3 is 1.92 bits per heavy atom. The minimum Gasteiger partial charge on any atom is -0.458 e. The number of cyclic esters (lactones) is 1. The van der Waals surface area contributed by atoms with Crippen LogP contribution < -0.4 is 32.1 Å². The lowest BCUT2D eigenvalue weighted by atomic mass is 9.81. The lowest BCUT2D eigenvalue weighted by Crippen LogP contribution is -2.58. The first-order valence-electron chi connectivity index (χ1n) is 30.1. The Labute approximate surface area is 518 Å². The summed E-state index contributed by atoms with van der Waals surface area (Å²) in [4.78, 5) is 125. The topological polar surface area (TPSA) is 368 Å². The van der Waals surface area contributed by atoms with Gasteiger partial charge in [-0.1, -0.05) is 13.8 Å². The minimum absolute atomic E-state index is 0.00323. The number of imide groups is 1. The first-order chi connectivity index (χ1) is 43.2. The van der Waals surface area contributed by atoms with Gasteiger partial charge in [-0.2, -0.15) is 0 Å². The lowest BCUT2D eigenvalue weighted by molar-refractivity contribution is -0.172. The van der Waals surface area contributed by atoms with E-state index >= 15 is 4.39 Å². The van der Waals surface area contributed by atoms with Gasteiger partial charge in [-0.25, -0.2) is 14.2 Å².